The first-order valence-corrected chi connectivity index (χ1v) is 4.80. The molecule has 2 atom stereocenters. The van der Waals surface area contributed by atoms with Crippen LogP contribution < -0.4 is 5.73 Å². The maximum Gasteiger partial charge on any atom is 0.0626 e. The average molecular weight is 188 g/mol. The van der Waals surface area contributed by atoms with Gasteiger partial charge in [0.2, 0.25) is 0 Å². The topological polar surface area (TPSA) is 47.7 Å². The number of ether oxygens (including phenoxy) is 2. The van der Waals surface area contributed by atoms with Gasteiger partial charge in [0.1, 0.15) is 0 Å². The molecule has 0 aliphatic carbocycles. The molecule has 1 heterocycles. The van der Waals surface area contributed by atoms with Crippen molar-refractivity contribution < 1.29 is 9.47 Å². The lowest BCUT2D eigenvalue weighted by atomic mass is 10.2. The maximum absolute atomic E-state index is 5.87. The molecule has 0 aromatic heterocycles. The highest BCUT2D eigenvalue weighted by molar-refractivity contribution is 4.75. The van der Waals surface area contributed by atoms with Crippen molar-refractivity contribution in [3.8, 4) is 0 Å². The summed E-state index contributed by atoms with van der Waals surface area (Å²) in [6.45, 7) is 6.32. The monoisotopic (exact) mass is 188 g/mol. The van der Waals surface area contributed by atoms with Gasteiger partial charge in [0.05, 0.1) is 19.8 Å². The largest absolute Gasteiger partial charge is 0.383 e. The molecule has 1 aliphatic heterocycles. The Bertz CT molecular complexity index is 144. The predicted molar refractivity (Wildman–Crippen MR) is 51.7 cm³/mol. The Kier molecular flexibility index (Phi) is 4.66. The van der Waals surface area contributed by atoms with Crippen molar-refractivity contribution >= 4 is 0 Å². The number of nitrogens with two attached hydrogens (primary N) is 1. The molecule has 0 aromatic carbocycles. The minimum Gasteiger partial charge on any atom is -0.383 e. The van der Waals surface area contributed by atoms with Crippen LogP contribution in [0.3, 0.4) is 0 Å². The van der Waals surface area contributed by atoms with Crippen LogP contribution in [0, 0.1) is 0 Å². The first-order chi connectivity index (χ1) is 6.24. The fourth-order valence-corrected chi connectivity index (χ4v) is 1.60. The Morgan fingerprint density at radius 2 is 2.46 bits per heavy atom. The quantitative estimate of drug-likeness (QED) is 0.657. The van der Waals surface area contributed by atoms with Gasteiger partial charge in [-0.1, -0.05) is 0 Å². The summed E-state index contributed by atoms with van der Waals surface area (Å²) in [6.07, 6.45) is 0. The van der Waals surface area contributed by atoms with Gasteiger partial charge in [-0.2, -0.15) is 0 Å². The molecule has 1 aliphatic rings. The van der Waals surface area contributed by atoms with Crippen molar-refractivity contribution in [2.45, 2.75) is 19.0 Å². The minimum absolute atomic E-state index is 0.116. The van der Waals surface area contributed by atoms with Gasteiger partial charge in [0, 0.05) is 32.3 Å². The van der Waals surface area contributed by atoms with Gasteiger partial charge in [-0.15, -0.1) is 0 Å². The third kappa shape index (κ3) is 3.60. The molecule has 1 fully saturated rings. The molecule has 0 aromatic rings. The Hall–Kier alpha value is -0.160. The van der Waals surface area contributed by atoms with Crippen LogP contribution in [0.2, 0.25) is 0 Å². The number of rotatable bonds is 4. The average Bonchev–Trinajstić information content (AvgIpc) is 2.09. The van der Waals surface area contributed by atoms with Gasteiger partial charge in [-0.05, 0) is 6.92 Å². The second kappa shape index (κ2) is 5.54. The van der Waals surface area contributed by atoms with Crippen molar-refractivity contribution in [1.82, 2.24) is 4.90 Å². The zero-order valence-electron chi connectivity index (χ0n) is 8.53. The molecule has 4 nitrogen and oxygen atoms in total. The van der Waals surface area contributed by atoms with Crippen molar-refractivity contribution in [2.24, 2.45) is 5.73 Å². The Morgan fingerprint density at radius 3 is 3.08 bits per heavy atom. The third-order valence-corrected chi connectivity index (χ3v) is 2.35. The van der Waals surface area contributed by atoms with Crippen molar-refractivity contribution in [3.63, 3.8) is 0 Å². The molecule has 78 valence electrons. The van der Waals surface area contributed by atoms with E-state index in [1.165, 1.54) is 0 Å². The van der Waals surface area contributed by atoms with Crippen LogP contribution in [-0.4, -0.2) is 57.0 Å². The highest BCUT2D eigenvalue weighted by atomic mass is 16.5. The Labute approximate surface area is 80.0 Å². The van der Waals surface area contributed by atoms with Crippen LogP contribution in [0.4, 0.5) is 0 Å². The highest BCUT2D eigenvalue weighted by Gasteiger charge is 2.20. The number of morpholine rings is 1. The normalized spacial score (nSPS) is 27.5. The summed E-state index contributed by atoms with van der Waals surface area (Å²) in [6, 6.07) is 0.599. The van der Waals surface area contributed by atoms with Crippen LogP contribution >= 0.6 is 0 Å². The van der Waals surface area contributed by atoms with E-state index >= 15 is 0 Å². The highest BCUT2D eigenvalue weighted by Crippen LogP contribution is 2.05. The lowest BCUT2D eigenvalue weighted by Gasteiger charge is -2.34. The molecule has 0 saturated carbocycles. The first kappa shape index (κ1) is 10.9. The summed E-state index contributed by atoms with van der Waals surface area (Å²) in [7, 11) is 1.68. The molecule has 4 heteroatoms. The SMILES string of the molecule is COCC(N)CN1CCOCC1C. The van der Waals surface area contributed by atoms with E-state index in [0.717, 1.165) is 26.3 Å². The van der Waals surface area contributed by atoms with Crippen LogP contribution in [0.15, 0.2) is 0 Å². The third-order valence-electron chi connectivity index (χ3n) is 2.35. The van der Waals surface area contributed by atoms with Crippen molar-refractivity contribution in [1.29, 1.82) is 0 Å². The van der Waals surface area contributed by atoms with Crippen molar-refractivity contribution in [2.75, 3.05) is 40.0 Å². The zero-order chi connectivity index (χ0) is 9.68. The zero-order valence-corrected chi connectivity index (χ0v) is 8.53. The van der Waals surface area contributed by atoms with Crippen LogP contribution in [0.5, 0.6) is 0 Å². The smallest absolute Gasteiger partial charge is 0.0626 e. The molecule has 1 rings (SSSR count). The molecular formula is C9H20N2O2. The van der Waals surface area contributed by atoms with Gasteiger partial charge < -0.3 is 15.2 Å². The molecule has 2 N–H and O–H groups in total. The number of hydrogen-bond donors (Lipinski definition) is 1. The number of hydrogen-bond acceptors (Lipinski definition) is 4. The van der Waals surface area contributed by atoms with Crippen LogP contribution in [0.25, 0.3) is 0 Å². The van der Waals surface area contributed by atoms with E-state index in [4.69, 9.17) is 15.2 Å². The standard InChI is InChI=1S/C9H20N2O2/c1-8-6-13-4-3-11(8)5-9(10)7-12-2/h8-9H,3-7,10H2,1-2H3. The van der Waals surface area contributed by atoms with E-state index in [1.807, 2.05) is 0 Å². The van der Waals surface area contributed by atoms with E-state index in [-0.39, 0.29) is 6.04 Å². The summed E-state index contributed by atoms with van der Waals surface area (Å²) in [5, 5.41) is 0. The van der Waals surface area contributed by atoms with Gasteiger partial charge >= 0.3 is 0 Å². The second-order valence-electron chi connectivity index (χ2n) is 3.63. The number of nitrogens with zero attached hydrogens (tertiary/aromatic N) is 1. The molecule has 1 saturated heterocycles. The van der Waals surface area contributed by atoms with Gasteiger partial charge in [-0.25, -0.2) is 0 Å². The van der Waals surface area contributed by atoms with Crippen LogP contribution in [0.1, 0.15) is 6.92 Å². The van der Waals surface area contributed by atoms with E-state index < -0.39 is 0 Å². The maximum atomic E-state index is 5.87. The lowest BCUT2D eigenvalue weighted by molar-refractivity contribution is -0.00621. The summed E-state index contributed by atoms with van der Waals surface area (Å²) >= 11 is 0. The van der Waals surface area contributed by atoms with Crippen molar-refractivity contribution in [3.05, 3.63) is 0 Å². The predicted octanol–water partition coefficient (Wildman–Crippen LogP) is -0.319. The fourth-order valence-electron chi connectivity index (χ4n) is 1.60. The molecule has 2 unspecified atom stereocenters. The molecular weight excluding hydrogens is 168 g/mol. The second-order valence-corrected chi connectivity index (χ2v) is 3.63. The lowest BCUT2D eigenvalue weighted by Crippen LogP contribution is -2.49. The van der Waals surface area contributed by atoms with E-state index in [0.29, 0.717) is 12.6 Å². The summed E-state index contributed by atoms with van der Waals surface area (Å²) in [5.41, 5.74) is 5.87. The van der Waals surface area contributed by atoms with Crippen LogP contribution in [-0.2, 0) is 9.47 Å². The molecule has 0 radical (unpaired) electrons. The summed E-state index contributed by atoms with van der Waals surface area (Å²) < 4.78 is 10.3. The molecule has 0 spiro atoms. The first-order valence-electron chi connectivity index (χ1n) is 4.80. The van der Waals surface area contributed by atoms with E-state index in [1.54, 1.807) is 7.11 Å². The molecule has 13 heavy (non-hydrogen) atoms. The Balaban J connectivity index is 2.25. The van der Waals surface area contributed by atoms with Gasteiger partial charge in [0.25, 0.3) is 0 Å². The number of methoxy groups -OCH3 is 1. The molecule has 0 bridgehead atoms. The van der Waals surface area contributed by atoms with Gasteiger partial charge in [0.15, 0.2) is 0 Å². The van der Waals surface area contributed by atoms with E-state index in [2.05, 4.69) is 11.8 Å². The van der Waals surface area contributed by atoms with E-state index in [9.17, 15) is 0 Å². The minimum atomic E-state index is 0.116. The summed E-state index contributed by atoms with van der Waals surface area (Å²) in [5.74, 6) is 0. The Morgan fingerprint density at radius 1 is 1.69 bits per heavy atom. The fraction of sp³-hybridized carbons (Fsp3) is 1.00. The van der Waals surface area contributed by atoms with Gasteiger partial charge in [-0.3, -0.25) is 4.90 Å². The summed E-state index contributed by atoms with van der Waals surface area (Å²) in [4.78, 5) is 2.35. The molecule has 0 amide bonds.